The largest absolute Gasteiger partial charge is 0.504 e. The highest BCUT2D eigenvalue weighted by atomic mass is 16.5. The molecule has 5 nitrogen and oxygen atoms in total. The van der Waals surface area contributed by atoms with Crippen molar-refractivity contribution in [2.24, 2.45) is 5.92 Å². The van der Waals surface area contributed by atoms with Crippen LogP contribution in [0.2, 0.25) is 0 Å². The van der Waals surface area contributed by atoms with Crippen LogP contribution in [0.25, 0.3) is 21.7 Å². The number of hydrogen-bond acceptors (Lipinski definition) is 5. The number of piperidine rings is 1. The molecule has 2 fully saturated rings. The van der Waals surface area contributed by atoms with Crippen LogP contribution in [0.4, 0.5) is 0 Å². The summed E-state index contributed by atoms with van der Waals surface area (Å²) in [5, 5.41) is 14.8. The molecule has 42 heavy (non-hydrogen) atoms. The molecule has 0 amide bonds. The lowest BCUT2D eigenvalue weighted by Gasteiger charge is -2.64. The van der Waals surface area contributed by atoms with Gasteiger partial charge in [-0.3, -0.25) is 4.90 Å². The number of phenols is 1. The van der Waals surface area contributed by atoms with E-state index in [1.807, 2.05) is 12.1 Å². The maximum absolute atomic E-state index is 11.2. The SMILES string of the molecule is Oc1ccc2c3c1O[C@H]1c4oc5ccccc5c4C[C@@]4(OCc5ccc6ccccc6c5)[C@H](C2)N(CC2CC2)CC[C@]314. The summed E-state index contributed by atoms with van der Waals surface area (Å²) >= 11 is 0. The Morgan fingerprint density at radius 3 is 2.71 bits per heavy atom. The summed E-state index contributed by atoms with van der Waals surface area (Å²) in [6.45, 7) is 2.67. The Labute approximate surface area is 244 Å². The molecule has 0 unspecified atom stereocenters. The highest BCUT2D eigenvalue weighted by Gasteiger charge is 2.74. The molecule has 1 aromatic heterocycles. The highest BCUT2D eigenvalue weighted by Crippen LogP contribution is 2.70. The van der Waals surface area contributed by atoms with Crippen molar-refractivity contribution in [3.8, 4) is 11.5 Å². The first-order valence-electron chi connectivity index (χ1n) is 15.5. The lowest BCUT2D eigenvalue weighted by molar-refractivity contribution is -0.212. The Morgan fingerprint density at radius 2 is 1.81 bits per heavy atom. The van der Waals surface area contributed by atoms with E-state index in [1.54, 1.807) is 0 Å². The molecule has 2 bridgehead atoms. The van der Waals surface area contributed by atoms with E-state index in [9.17, 15) is 5.11 Å². The van der Waals surface area contributed by atoms with Crippen LogP contribution in [0, 0.1) is 5.92 Å². The van der Waals surface area contributed by atoms with Gasteiger partial charge < -0.3 is 19.0 Å². The lowest BCUT2D eigenvalue weighted by Crippen LogP contribution is -2.75. The summed E-state index contributed by atoms with van der Waals surface area (Å²) in [5.41, 5.74) is 4.79. The van der Waals surface area contributed by atoms with Crippen molar-refractivity contribution in [3.63, 3.8) is 0 Å². The minimum absolute atomic E-state index is 0.211. The molecule has 4 atom stereocenters. The van der Waals surface area contributed by atoms with Gasteiger partial charge in [0.15, 0.2) is 17.6 Å². The van der Waals surface area contributed by atoms with E-state index in [4.69, 9.17) is 13.9 Å². The Hall–Kier alpha value is -3.80. The number of aromatic hydroxyl groups is 1. The number of ether oxygens (including phenoxy) is 2. The molecule has 5 aliphatic rings. The van der Waals surface area contributed by atoms with E-state index in [0.717, 1.165) is 55.0 Å². The number of fused-ring (bicyclic) bond motifs is 5. The molecular weight excluding hydrogens is 522 g/mol. The lowest BCUT2D eigenvalue weighted by atomic mass is 9.49. The standard InChI is InChI=1S/C37H33NO4/c39-29-14-13-26-18-31-37(40-21-23-11-12-24-5-1-2-6-25(24)17-23)19-28-27-7-3-4-8-30(27)41-33(28)35-36(37,32(26)34(29)42-35)15-16-38(31)20-22-9-10-22/h1-8,11-14,17,22,31,35,39H,9-10,15-16,18-21H2/t31-,35-,36-,37+/m0/s1. The summed E-state index contributed by atoms with van der Waals surface area (Å²) in [5.74, 6) is 2.56. The van der Waals surface area contributed by atoms with E-state index in [-0.39, 0.29) is 17.9 Å². The molecule has 210 valence electrons. The van der Waals surface area contributed by atoms with Gasteiger partial charge >= 0.3 is 0 Å². The van der Waals surface area contributed by atoms with Crippen LogP contribution in [0.1, 0.15) is 53.4 Å². The topological polar surface area (TPSA) is 55.1 Å². The number of para-hydroxylation sites is 1. The monoisotopic (exact) mass is 555 g/mol. The Kier molecular flexibility index (Phi) is 4.62. The van der Waals surface area contributed by atoms with Crippen LogP contribution < -0.4 is 4.74 Å². The van der Waals surface area contributed by atoms with Gasteiger partial charge in [-0.25, -0.2) is 0 Å². The summed E-state index contributed by atoms with van der Waals surface area (Å²) in [6, 6.07) is 27.8. The Bertz CT molecular complexity index is 1920. The number of benzene rings is 4. The maximum Gasteiger partial charge on any atom is 0.169 e. The van der Waals surface area contributed by atoms with Crippen LogP contribution in [0.5, 0.6) is 11.5 Å². The van der Waals surface area contributed by atoms with Crippen LogP contribution >= 0.6 is 0 Å². The Balaban J connectivity index is 1.20. The number of nitrogens with zero attached hydrogens (tertiary/aromatic N) is 1. The third-order valence-corrected chi connectivity index (χ3v) is 11.2. The number of hydrogen-bond donors (Lipinski definition) is 1. The highest BCUT2D eigenvalue weighted by molar-refractivity contribution is 5.84. The summed E-state index contributed by atoms with van der Waals surface area (Å²) in [6.07, 6.45) is 4.91. The number of likely N-dealkylation sites (tertiary alicyclic amines) is 1. The fraction of sp³-hybridized carbons (Fsp3) is 0.351. The maximum atomic E-state index is 11.2. The minimum Gasteiger partial charge on any atom is -0.504 e. The molecule has 10 rings (SSSR count). The second-order valence-corrected chi connectivity index (χ2v) is 13.3. The molecule has 1 spiro atoms. The molecule has 1 saturated heterocycles. The molecule has 0 radical (unpaired) electrons. The third kappa shape index (κ3) is 2.96. The van der Waals surface area contributed by atoms with Crippen LogP contribution in [-0.2, 0) is 29.6 Å². The molecule has 3 aliphatic carbocycles. The van der Waals surface area contributed by atoms with Gasteiger partial charge in [0.1, 0.15) is 16.9 Å². The first kappa shape index (κ1) is 23.7. The molecule has 3 heterocycles. The van der Waals surface area contributed by atoms with Crippen molar-refractivity contribution in [3.05, 3.63) is 107 Å². The first-order chi connectivity index (χ1) is 20.6. The third-order valence-electron chi connectivity index (χ3n) is 11.2. The molecular formula is C37H33NO4. The van der Waals surface area contributed by atoms with Gasteiger partial charge in [0.25, 0.3) is 0 Å². The quantitative estimate of drug-likeness (QED) is 0.248. The van der Waals surface area contributed by atoms with Crippen LogP contribution in [0.3, 0.4) is 0 Å². The zero-order valence-electron chi connectivity index (χ0n) is 23.5. The van der Waals surface area contributed by atoms with Gasteiger partial charge in [-0.2, -0.15) is 0 Å². The van der Waals surface area contributed by atoms with Gasteiger partial charge in [-0.05, 0) is 78.2 Å². The predicted molar refractivity (Wildman–Crippen MR) is 161 cm³/mol. The number of rotatable bonds is 5. The van der Waals surface area contributed by atoms with E-state index >= 15 is 0 Å². The molecule has 1 N–H and O–H groups in total. The van der Waals surface area contributed by atoms with Crippen molar-refractivity contribution in [1.29, 1.82) is 0 Å². The van der Waals surface area contributed by atoms with E-state index < -0.39 is 11.0 Å². The molecule has 5 aromatic rings. The molecule has 4 aromatic carbocycles. The number of phenolic OH excluding ortho intramolecular Hbond substituents is 1. The van der Waals surface area contributed by atoms with Gasteiger partial charge in [0, 0.05) is 35.5 Å². The minimum atomic E-state index is -0.526. The van der Waals surface area contributed by atoms with Gasteiger partial charge in [0.2, 0.25) is 0 Å². The fourth-order valence-electron chi connectivity index (χ4n) is 9.21. The zero-order chi connectivity index (χ0) is 27.6. The van der Waals surface area contributed by atoms with Gasteiger partial charge in [-0.15, -0.1) is 0 Å². The first-order valence-corrected chi connectivity index (χ1v) is 15.5. The average molecular weight is 556 g/mol. The van der Waals surface area contributed by atoms with Crippen molar-refractivity contribution in [2.75, 3.05) is 13.1 Å². The second-order valence-electron chi connectivity index (χ2n) is 13.3. The smallest absolute Gasteiger partial charge is 0.169 e. The summed E-state index contributed by atoms with van der Waals surface area (Å²) in [4.78, 5) is 2.75. The van der Waals surface area contributed by atoms with E-state index in [0.29, 0.717) is 12.4 Å². The van der Waals surface area contributed by atoms with Crippen LogP contribution in [-0.4, -0.2) is 34.7 Å². The summed E-state index contributed by atoms with van der Waals surface area (Å²) in [7, 11) is 0. The van der Waals surface area contributed by atoms with Crippen molar-refractivity contribution < 1.29 is 19.0 Å². The normalized spacial score (nSPS) is 29.0. The average Bonchev–Trinajstić information content (AvgIpc) is 3.66. The molecule has 2 aliphatic heterocycles. The van der Waals surface area contributed by atoms with E-state index in [1.165, 1.54) is 45.9 Å². The second kappa shape index (κ2) is 8.18. The summed E-state index contributed by atoms with van der Waals surface area (Å²) < 4.78 is 21.1. The van der Waals surface area contributed by atoms with Crippen molar-refractivity contribution in [2.45, 2.75) is 61.9 Å². The predicted octanol–water partition coefficient (Wildman–Crippen LogP) is 7.22. The zero-order valence-corrected chi connectivity index (χ0v) is 23.5. The van der Waals surface area contributed by atoms with Gasteiger partial charge in [0.05, 0.1) is 12.0 Å². The fourth-order valence-corrected chi connectivity index (χ4v) is 9.21. The molecule has 5 heteroatoms. The molecule has 1 saturated carbocycles. The Morgan fingerprint density at radius 1 is 0.952 bits per heavy atom. The van der Waals surface area contributed by atoms with Crippen molar-refractivity contribution in [1.82, 2.24) is 4.90 Å². The number of furan rings is 1. The van der Waals surface area contributed by atoms with E-state index in [2.05, 4.69) is 71.6 Å². The van der Waals surface area contributed by atoms with Crippen LogP contribution in [0.15, 0.2) is 83.3 Å². The van der Waals surface area contributed by atoms with Crippen molar-refractivity contribution >= 4 is 21.7 Å². The van der Waals surface area contributed by atoms with Gasteiger partial charge in [-0.1, -0.05) is 60.7 Å².